The molecule has 0 atom stereocenters. The minimum Gasteiger partial charge on any atom is -0.368 e. The van der Waals surface area contributed by atoms with Crippen LogP contribution in [0, 0.1) is 0 Å². The second-order valence-corrected chi connectivity index (χ2v) is 9.14. The summed E-state index contributed by atoms with van der Waals surface area (Å²) in [5, 5.41) is 6.36. The molecule has 1 aromatic carbocycles. The summed E-state index contributed by atoms with van der Waals surface area (Å²) in [6.45, 7) is 8.93. The van der Waals surface area contributed by atoms with Gasteiger partial charge in [-0.25, -0.2) is 4.98 Å². The number of nitrogens with zero attached hydrogens (tertiary/aromatic N) is 4. The van der Waals surface area contributed by atoms with Crippen molar-refractivity contribution in [2.75, 3.05) is 43.4 Å². The van der Waals surface area contributed by atoms with E-state index in [0.29, 0.717) is 18.0 Å². The number of amides is 1. The fourth-order valence-corrected chi connectivity index (χ4v) is 4.50. The lowest BCUT2D eigenvalue weighted by molar-refractivity contribution is 0.0966. The van der Waals surface area contributed by atoms with Crippen molar-refractivity contribution in [1.82, 2.24) is 20.2 Å². The number of anilines is 3. The molecule has 170 valence electrons. The van der Waals surface area contributed by atoms with Crippen LogP contribution in [0.15, 0.2) is 48.8 Å². The molecule has 0 spiro atoms. The van der Waals surface area contributed by atoms with Gasteiger partial charge < -0.3 is 20.4 Å². The first-order valence-corrected chi connectivity index (χ1v) is 11.6. The Labute approximate surface area is 194 Å². The van der Waals surface area contributed by atoms with Crippen molar-refractivity contribution in [3.05, 3.63) is 65.6 Å². The van der Waals surface area contributed by atoms with Crippen LogP contribution in [0.2, 0.25) is 0 Å². The molecule has 0 saturated carbocycles. The van der Waals surface area contributed by atoms with Crippen LogP contribution in [0.25, 0.3) is 11.1 Å². The lowest BCUT2D eigenvalue weighted by Crippen LogP contribution is -2.44. The van der Waals surface area contributed by atoms with Crippen LogP contribution in [0.5, 0.6) is 0 Å². The molecule has 3 aromatic rings. The number of nitrogens with one attached hydrogen (secondary N) is 2. The quantitative estimate of drug-likeness (QED) is 0.622. The first-order chi connectivity index (χ1) is 16.0. The predicted octanol–water partition coefficient (Wildman–Crippen LogP) is 4.01. The monoisotopic (exact) mass is 442 g/mol. The van der Waals surface area contributed by atoms with Gasteiger partial charge in [-0.1, -0.05) is 19.9 Å². The summed E-state index contributed by atoms with van der Waals surface area (Å²) in [5.74, 6) is 1.02. The third-order valence-electron chi connectivity index (χ3n) is 6.53. The Bertz CT molecular complexity index is 1170. The van der Waals surface area contributed by atoms with E-state index in [-0.39, 0.29) is 5.91 Å². The maximum Gasteiger partial charge on any atom is 0.254 e. The van der Waals surface area contributed by atoms with Gasteiger partial charge in [0.15, 0.2) is 0 Å². The van der Waals surface area contributed by atoms with E-state index in [1.165, 1.54) is 0 Å². The molecule has 1 saturated heterocycles. The Balaban J connectivity index is 1.41. The number of pyridine rings is 2. The number of aromatic nitrogens is 2. The third-order valence-corrected chi connectivity index (χ3v) is 6.53. The van der Waals surface area contributed by atoms with E-state index in [2.05, 4.69) is 69.5 Å². The Morgan fingerprint density at radius 1 is 1.03 bits per heavy atom. The Kier molecular flexibility index (Phi) is 5.72. The molecule has 2 aromatic heterocycles. The van der Waals surface area contributed by atoms with Crippen molar-refractivity contribution in [1.29, 1.82) is 0 Å². The zero-order chi connectivity index (χ0) is 22.9. The van der Waals surface area contributed by atoms with Crippen molar-refractivity contribution in [2.45, 2.75) is 26.3 Å². The highest BCUT2D eigenvalue weighted by atomic mass is 16.1. The van der Waals surface area contributed by atoms with E-state index in [1.807, 2.05) is 30.6 Å². The fraction of sp³-hybridized carbons (Fsp3) is 0.346. The molecular formula is C26H30N6O. The van der Waals surface area contributed by atoms with Crippen LogP contribution in [0.3, 0.4) is 0 Å². The SMILES string of the molecule is CC(C)c1cc(-c2ccc(Nc3ccc(N4CCN(C)CC4)cn3)c3c2CNC3=O)ccn1. The van der Waals surface area contributed by atoms with Crippen molar-refractivity contribution in [3.8, 4) is 11.1 Å². The van der Waals surface area contributed by atoms with Gasteiger partial charge in [-0.15, -0.1) is 0 Å². The molecule has 0 aliphatic carbocycles. The molecule has 0 bridgehead atoms. The molecule has 33 heavy (non-hydrogen) atoms. The average molecular weight is 443 g/mol. The van der Waals surface area contributed by atoms with Gasteiger partial charge in [-0.2, -0.15) is 0 Å². The molecule has 2 aliphatic heterocycles. The maximum atomic E-state index is 12.7. The van der Waals surface area contributed by atoms with E-state index >= 15 is 0 Å². The Morgan fingerprint density at radius 2 is 1.85 bits per heavy atom. The minimum atomic E-state index is -0.0541. The van der Waals surface area contributed by atoms with Crippen LogP contribution in [0.1, 0.15) is 41.4 Å². The van der Waals surface area contributed by atoms with Gasteiger partial charge in [-0.3, -0.25) is 9.78 Å². The first kappa shape index (κ1) is 21.4. The van der Waals surface area contributed by atoms with Crippen LogP contribution in [-0.2, 0) is 6.54 Å². The highest BCUT2D eigenvalue weighted by Gasteiger charge is 2.26. The first-order valence-electron chi connectivity index (χ1n) is 11.6. The summed E-state index contributed by atoms with van der Waals surface area (Å²) in [7, 11) is 2.15. The van der Waals surface area contributed by atoms with Crippen LogP contribution in [0.4, 0.5) is 17.2 Å². The minimum absolute atomic E-state index is 0.0541. The molecule has 0 unspecified atom stereocenters. The largest absolute Gasteiger partial charge is 0.368 e. The van der Waals surface area contributed by atoms with Gasteiger partial charge in [0.25, 0.3) is 5.91 Å². The van der Waals surface area contributed by atoms with Crippen LogP contribution in [-0.4, -0.2) is 54.0 Å². The number of hydrogen-bond donors (Lipinski definition) is 2. The molecule has 4 heterocycles. The van der Waals surface area contributed by atoms with Gasteiger partial charge in [0, 0.05) is 44.6 Å². The summed E-state index contributed by atoms with van der Waals surface area (Å²) in [5.41, 5.74) is 6.82. The lowest BCUT2D eigenvalue weighted by atomic mass is 9.94. The number of likely N-dealkylation sites (N-methyl/N-ethyl adjacent to an activating group) is 1. The highest BCUT2D eigenvalue weighted by molar-refractivity contribution is 6.06. The second-order valence-electron chi connectivity index (χ2n) is 9.14. The zero-order valence-electron chi connectivity index (χ0n) is 19.4. The van der Waals surface area contributed by atoms with Gasteiger partial charge in [0.1, 0.15) is 5.82 Å². The second kappa shape index (κ2) is 8.83. The van der Waals surface area contributed by atoms with E-state index in [1.54, 1.807) is 0 Å². The van der Waals surface area contributed by atoms with Gasteiger partial charge >= 0.3 is 0 Å². The van der Waals surface area contributed by atoms with Crippen molar-refractivity contribution in [3.63, 3.8) is 0 Å². The van der Waals surface area contributed by atoms with Crippen molar-refractivity contribution in [2.24, 2.45) is 0 Å². The molecule has 2 aliphatic rings. The lowest BCUT2D eigenvalue weighted by Gasteiger charge is -2.33. The van der Waals surface area contributed by atoms with Gasteiger partial charge in [-0.05, 0) is 60.0 Å². The fourth-order valence-electron chi connectivity index (χ4n) is 4.50. The standard InChI is InChI=1S/C26H30N6O/c1-17(2)23-14-18(8-9-27-23)20-5-6-22(25-21(20)16-29-26(25)33)30-24-7-4-19(15-28-24)32-12-10-31(3)11-13-32/h4-9,14-15,17H,10-13,16H2,1-3H3,(H,28,30)(H,29,33). The van der Waals surface area contributed by atoms with E-state index < -0.39 is 0 Å². The number of carbonyl (C=O) groups is 1. The molecule has 1 fully saturated rings. The Hall–Kier alpha value is -3.45. The van der Waals surface area contributed by atoms with Gasteiger partial charge in [0.2, 0.25) is 0 Å². The Morgan fingerprint density at radius 3 is 2.58 bits per heavy atom. The molecule has 0 radical (unpaired) electrons. The number of hydrogen-bond acceptors (Lipinski definition) is 6. The number of benzene rings is 1. The molecular weight excluding hydrogens is 412 g/mol. The predicted molar refractivity (Wildman–Crippen MR) is 132 cm³/mol. The molecule has 2 N–H and O–H groups in total. The topological polar surface area (TPSA) is 73.4 Å². The van der Waals surface area contributed by atoms with Gasteiger partial charge in [0.05, 0.1) is 23.1 Å². The van der Waals surface area contributed by atoms with E-state index in [9.17, 15) is 4.79 Å². The summed E-state index contributed by atoms with van der Waals surface area (Å²) in [6, 6.07) is 12.3. The summed E-state index contributed by atoms with van der Waals surface area (Å²) in [6.07, 6.45) is 3.76. The number of rotatable bonds is 5. The molecule has 5 rings (SSSR count). The third kappa shape index (κ3) is 4.28. The van der Waals surface area contributed by atoms with E-state index in [0.717, 1.165) is 65.8 Å². The van der Waals surface area contributed by atoms with E-state index in [4.69, 9.17) is 0 Å². The number of piperazine rings is 1. The maximum absolute atomic E-state index is 12.7. The highest BCUT2D eigenvalue weighted by Crippen LogP contribution is 2.35. The molecule has 1 amide bonds. The van der Waals surface area contributed by atoms with Crippen LogP contribution < -0.4 is 15.5 Å². The zero-order valence-corrected chi connectivity index (χ0v) is 19.4. The molecule has 7 heteroatoms. The number of fused-ring (bicyclic) bond motifs is 1. The normalized spacial score (nSPS) is 16.1. The smallest absolute Gasteiger partial charge is 0.254 e. The molecule has 7 nitrogen and oxygen atoms in total. The summed E-state index contributed by atoms with van der Waals surface area (Å²) < 4.78 is 0. The average Bonchev–Trinajstić information content (AvgIpc) is 3.22. The summed E-state index contributed by atoms with van der Waals surface area (Å²) in [4.78, 5) is 26.5. The van der Waals surface area contributed by atoms with Crippen molar-refractivity contribution < 1.29 is 4.79 Å². The number of carbonyl (C=O) groups excluding carboxylic acids is 1. The van der Waals surface area contributed by atoms with Crippen LogP contribution >= 0.6 is 0 Å². The summed E-state index contributed by atoms with van der Waals surface area (Å²) >= 11 is 0. The van der Waals surface area contributed by atoms with Crippen molar-refractivity contribution >= 4 is 23.1 Å².